The molecule has 0 atom stereocenters. The third-order valence-corrected chi connectivity index (χ3v) is 6.08. The second-order valence-corrected chi connectivity index (χ2v) is 9.12. The summed E-state index contributed by atoms with van der Waals surface area (Å²) in [4.78, 5) is 34.3. The summed E-state index contributed by atoms with van der Waals surface area (Å²) in [6.07, 6.45) is 16.8. The van der Waals surface area contributed by atoms with Gasteiger partial charge in [-0.3, -0.25) is 9.59 Å². The standard InChI is InChI=1S/C29H47NO6/c1-3-35-28(32)22-24-36-29(33)25-18-20-26(21-19-25)30-23-16-14-12-10-8-6-4-5-7-9-11-13-15-17-27(31)34-2/h18-21,30H,3-17,22-24H2,1-2H3. The van der Waals surface area contributed by atoms with Crippen molar-refractivity contribution in [3.05, 3.63) is 29.8 Å². The molecule has 0 aromatic heterocycles. The maximum absolute atomic E-state index is 12.0. The largest absolute Gasteiger partial charge is 0.469 e. The Bertz CT molecular complexity index is 719. The number of anilines is 1. The van der Waals surface area contributed by atoms with E-state index in [1.165, 1.54) is 71.3 Å². The van der Waals surface area contributed by atoms with E-state index >= 15 is 0 Å². The van der Waals surface area contributed by atoms with E-state index in [1.807, 2.05) is 12.1 Å². The molecule has 36 heavy (non-hydrogen) atoms. The van der Waals surface area contributed by atoms with E-state index in [0.717, 1.165) is 31.5 Å². The minimum absolute atomic E-state index is 0.0263. The minimum atomic E-state index is -0.432. The highest BCUT2D eigenvalue weighted by Gasteiger charge is 2.09. The summed E-state index contributed by atoms with van der Waals surface area (Å²) in [6.45, 7) is 3.01. The van der Waals surface area contributed by atoms with E-state index < -0.39 is 5.97 Å². The predicted octanol–water partition coefficient (Wildman–Crippen LogP) is 6.84. The fraction of sp³-hybridized carbons (Fsp3) is 0.690. The lowest BCUT2D eigenvalue weighted by molar-refractivity contribution is -0.144. The second kappa shape index (κ2) is 21.7. The fourth-order valence-corrected chi connectivity index (χ4v) is 3.94. The van der Waals surface area contributed by atoms with Gasteiger partial charge in [0.1, 0.15) is 6.61 Å². The van der Waals surface area contributed by atoms with E-state index in [-0.39, 0.29) is 25.0 Å². The van der Waals surface area contributed by atoms with Gasteiger partial charge >= 0.3 is 17.9 Å². The molecule has 0 bridgehead atoms. The number of unbranched alkanes of at least 4 members (excludes halogenated alkanes) is 12. The molecule has 1 aromatic rings. The summed E-state index contributed by atoms with van der Waals surface area (Å²) in [7, 11) is 1.45. The molecule has 1 rings (SSSR count). The lowest BCUT2D eigenvalue weighted by atomic mass is 10.0. The molecule has 0 aliphatic heterocycles. The lowest BCUT2D eigenvalue weighted by Gasteiger charge is -2.08. The quantitative estimate of drug-likeness (QED) is 0.105. The lowest BCUT2D eigenvalue weighted by Crippen LogP contribution is -2.12. The number of benzene rings is 1. The summed E-state index contributed by atoms with van der Waals surface area (Å²) < 4.78 is 14.6. The topological polar surface area (TPSA) is 90.9 Å². The van der Waals surface area contributed by atoms with Crippen molar-refractivity contribution < 1.29 is 28.6 Å². The number of hydrogen-bond donors (Lipinski definition) is 1. The molecule has 0 spiro atoms. The van der Waals surface area contributed by atoms with Crippen molar-refractivity contribution in [1.82, 2.24) is 0 Å². The van der Waals surface area contributed by atoms with Gasteiger partial charge in [0.15, 0.2) is 0 Å². The van der Waals surface area contributed by atoms with Crippen LogP contribution in [0.2, 0.25) is 0 Å². The van der Waals surface area contributed by atoms with Gasteiger partial charge in [0.2, 0.25) is 0 Å². The molecule has 0 aliphatic carbocycles. The molecule has 0 aliphatic rings. The molecule has 0 heterocycles. The van der Waals surface area contributed by atoms with Gasteiger partial charge in [-0.2, -0.15) is 0 Å². The second-order valence-electron chi connectivity index (χ2n) is 9.12. The van der Waals surface area contributed by atoms with Crippen molar-refractivity contribution in [3.8, 4) is 0 Å². The van der Waals surface area contributed by atoms with E-state index in [2.05, 4.69) is 10.1 Å². The highest BCUT2D eigenvalue weighted by molar-refractivity contribution is 5.90. The zero-order chi connectivity index (χ0) is 26.3. The summed E-state index contributed by atoms with van der Waals surface area (Å²) >= 11 is 0. The van der Waals surface area contributed by atoms with Crippen LogP contribution in [0, 0.1) is 0 Å². The summed E-state index contributed by atoms with van der Waals surface area (Å²) in [5, 5.41) is 3.40. The van der Waals surface area contributed by atoms with Gasteiger partial charge in [-0.05, 0) is 44.0 Å². The first-order valence-corrected chi connectivity index (χ1v) is 13.8. The summed E-state index contributed by atoms with van der Waals surface area (Å²) in [5.41, 5.74) is 1.46. The maximum Gasteiger partial charge on any atom is 0.338 e. The monoisotopic (exact) mass is 505 g/mol. The number of hydrogen-bond acceptors (Lipinski definition) is 7. The van der Waals surface area contributed by atoms with Crippen molar-refractivity contribution in [2.45, 2.75) is 103 Å². The van der Waals surface area contributed by atoms with Crippen LogP contribution in [0.15, 0.2) is 24.3 Å². The van der Waals surface area contributed by atoms with Crippen molar-refractivity contribution >= 4 is 23.6 Å². The molecule has 0 amide bonds. The maximum atomic E-state index is 12.0. The Balaban J connectivity index is 1.92. The minimum Gasteiger partial charge on any atom is -0.469 e. The Morgan fingerprint density at radius 3 is 1.72 bits per heavy atom. The average molecular weight is 506 g/mol. The normalized spacial score (nSPS) is 10.6. The molecule has 0 radical (unpaired) electrons. The van der Waals surface area contributed by atoms with E-state index in [0.29, 0.717) is 18.6 Å². The number of ether oxygens (including phenoxy) is 3. The van der Waals surface area contributed by atoms with Crippen molar-refractivity contribution in [1.29, 1.82) is 0 Å². The van der Waals surface area contributed by atoms with Gasteiger partial charge in [-0.15, -0.1) is 0 Å². The number of methoxy groups -OCH3 is 1. The number of nitrogens with one attached hydrogen (secondary N) is 1. The van der Waals surface area contributed by atoms with Crippen LogP contribution in [0.1, 0.15) is 114 Å². The van der Waals surface area contributed by atoms with Gasteiger partial charge in [0, 0.05) is 18.7 Å². The van der Waals surface area contributed by atoms with Crippen molar-refractivity contribution in [2.24, 2.45) is 0 Å². The molecule has 7 nitrogen and oxygen atoms in total. The predicted molar refractivity (Wildman–Crippen MR) is 143 cm³/mol. The van der Waals surface area contributed by atoms with Gasteiger partial charge in [0.05, 0.1) is 25.7 Å². The third-order valence-electron chi connectivity index (χ3n) is 6.08. The molecular weight excluding hydrogens is 458 g/mol. The zero-order valence-corrected chi connectivity index (χ0v) is 22.5. The van der Waals surface area contributed by atoms with Gasteiger partial charge in [-0.25, -0.2) is 4.79 Å². The van der Waals surface area contributed by atoms with Crippen LogP contribution < -0.4 is 5.32 Å². The number of rotatable bonds is 22. The number of esters is 3. The Labute approximate surface area is 217 Å². The third kappa shape index (κ3) is 17.0. The van der Waals surface area contributed by atoms with Crippen LogP contribution in [0.5, 0.6) is 0 Å². The van der Waals surface area contributed by atoms with Crippen molar-refractivity contribution in [2.75, 3.05) is 32.2 Å². The molecular formula is C29H47NO6. The van der Waals surface area contributed by atoms with Crippen LogP contribution in [0.25, 0.3) is 0 Å². The molecule has 0 saturated heterocycles. The molecule has 7 heteroatoms. The van der Waals surface area contributed by atoms with Gasteiger partial charge < -0.3 is 19.5 Å². The average Bonchev–Trinajstić information content (AvgIpc) is 2.88. The van der Waals surface area contributed by atoms with E-state index in [1.54, 1.807) is 19.1 Å². The number of carbonyl (C=O) groups excluding carboxylic acids is 3. The SMILES string of the molecule is CCOC(=O)CCOC(=O)c1ccc(NCCCCCCCCCCCCCCCC(=O)OC)cc1. The molecule has 1 aromatic carbocycles. The van der Waals surface area contributed by atoms with E-state index in [9.17, 15) is 14.4 Å². The number of carbonyl (C=O) groups is 3. The Kier molecular flexibility index (Phi) is 19.0. The highest BCUT2D eigenvalue weighted by Crippen LogP contribution is 2.14. The Morgan fingerprint density at radius 1 is 0.667 bits per heavy atom. The van der Waals surface area contributed by atoms with Crippen LogP contribution in [-0.2, 0) is 23.8 Å². The van der Waals surface area contributed by atoms with Gasteiger partial charge in [-0.1, -0.05) is 70.6 Å². The first-order valence-electron chi connectivity index (χ1n) is 13.8. The Hall–Kier alpha value is -2.57. The molecule has 0 saturated carbocycles. The van der Waals surface area contributed by atoms with Gasteiger partial charge in [0.25, 0.3) is 0 Å². The Morgan fingerprint density at radius 2 is 1.19 bits per heavy atom. The first kappa shape index (κ1) is 31.5. The molecule has 204 valence electrons. The smallest absolute Gasteiger partial charge is 0.338 e. The molecule has 1 N–H and O–H groups in total. The first-order chi connectivity index (χ1) is 17.6. The van der Waals surface area contributed by atoms with Crippen LogP contribution in [0.3, 0.4) is 0 Å². The highest BCUT2D eigenvalue weighted by atomic mass is 16.5. The molecule has 0 unspecified atom stereocenters. The molecule has 0 fully saturated rings. The van der Waals surface area contributed by atoms with Crippen LogP contribution in [-0.4, -0.2) is 44.8 Å². The van der Waals surface area contributed by atoms with Crippen LogP contribution >= 0.6 is 0 Å². The summed E-state index contributed by atoms with van der Waals surface area (Å²) in [6, 6.07) is 7.23. The van der Waals surface area contributed by atoms with Crippen molar-refractivity contribution in [3.63, 3.8) is 0 Å². The fourth-order valence-electron chi connectivity index (χ4n) is 3.94. The summed E-state index contributed by atoms with van der Waals surface area (Å²) in [5.74, 6) is -0.889. The van der Waals surface area contributed by atoms with Crippen LogP contribution in [0.4, 0.5) is 5.69 Å². The van der Waals surface area contributed by atoms with E-state index in [4.69, 9.17) is 9.47 Å². The zero-order valence-electron chi connectivity index (χ0n) is 22.5.